The first-order chi connectivity index (χ1) is 17.4. The van der Waals surface area contributed by atoms with E-state index in [1.807, 2.05) is 12.1 Å². The van der Waals surface area contributed by atoms with Crippen molar-refractivity contribution in [2.45, 2.75) is 64.2 Å². The minimum Gasteiger partial charge on any atom is -0.497 e. The van der Waals surface area contributed by atoms with Crippen molar-refractivity contribution >= 4 is 17.5 Å². The third-order valence-electron chi connectivity index (χ3n) is 8.69. The largest absolute Gasteiger partial charge is 0.497 e. The van der Waals surface area contributed by atoms with Gasteiger partial charge < -0.3 is 4.74 Å². The Hall–Kier alpha value is -3.40. The lowest BCUT2D eigenvalue weighted by atomic mass is 9.54. The lowest BCUT2D eigenvalue weighted by Crippen LogP contribution is -2.42. The highest BCUT2D eigenvalue weighted by Gasteiger charge is 2.62. The molecule has 4 heteroatoms. The Morgan fingerprint density at radius 3 is 1.43 bits per heavy atom. The van der Waals surface area contributed by atoms with Gasteiger partial charge in [0.2, 0.25) is 11.8 Å². The molecule has 4 nitrogen and oxygen atoms in total. The molecule has 1 heterocycles. The van der Waals surface area contributed by atoms with Crippen molar-refractivity contribution in [1.29, 1.82) is 0 Å². The Bertz CT molecular complexity index is 1350. The molecule has 3 aromatic rings. The van der Waals surface area contributed by atoms with Crippen LogP contribution in [-0.4, -0.2) is 18.9 Å². The Labute approximate surface area is 219 Å². The monoisotopic (exact) mass is 493 g/mol. The van der Waals surface area contributed by atoms with E-state index in [1.54, 1.807) is 19.2 Å². The van der Waals surface area contributed by atoms with E-state index in [2.05, 4.69) is 77.9 Å². The van der Waals surface area contributed by atoms with E-state index in [1.165, 1.54) is 38.3 Å². The summed E-state index contributed by atoms with van der Waals surface area (Å²) in [5, 5.41) is 0. The molecule has 4 aliphatic rings. The van der Waals surface area contributed by atoms with Gasteiger partial charge >= 0.3 is 0 Å². The number of rotatable bonds is 2. The molecule has 0 aromatic heterocycles. The average molecular weight is 494 g/mol. The van der Waals surface area contributed by atoms with Gasteiger partial charge in [-0.25, -0.2) is 4.90 Å². The standard InChI is InChI=1S/C33H35NO3/c1-32(2,3)18-8-14-22-24(16-18)26-23-15-9-19(33(4,5)6)17-25(23)27(22)29-28(26)30(35)34(31(29)36)20-10-12-21(37-7)13-11-20/h8-17,26-29H,1-7H3/t26-,27+,28-,29+. The lowest BCUT2D eigenvalue weighted by molar-refractivity contribution is -0.122. The molecular weight excluding hydrogens is 458 g/mol. The number of ether oxygens (including phenoxy) is 1. The van der Waals surface area contributed by atoms with Crippen LogP contribution in [0.5, 0.6) is 5.75 Å². The van der Waals surface area contributed by atoms with Gasteiger partial charge in [-0.3, -0.25) is 9.59 Å². The second kappa shape index (κ2) is 7.80. The van der Waals surface area contributed by atoms with E-state index < -0.39 is 11.8 Å². The molecule has 37 heavy (non-hydrogen) atoms. The zero-order valence-electron chi connectivity index (χ0n) is 22.8. The summed E-state index contributed by atoms with van der Waals surface area (Å²) in [7, 11) is 1.61. The molecule has 3 aromatic carbocycles. The van der Waals surface area contributed by atoms with Crippen molar-refractivity contribution in [1.82, 2.24) is 0 Å². The maximum atomic E-state index is 14.1. The van der Waals surface area contributed by atoms with E-state index in [0.717, 1.165) is 0 Å². The summed E-state index contributed by atoms with van der Waals surface area (Å²) in [5.41, 5.74) is 7.96. The molecule has 2 amide bonds. The molecule has 2 bridgehead atoms. The molecule has 0 N–H and O–H groups in total. The van der Waals surface area contributed by atoms with Crippen molar-refractivity contribution < 1.29 is 14.3 Å². The first-order valence-electron chi connectivity index (χ1n) is 13.2. The van der Waals surface area contributed by atoms with Crippen molar-refractivity contribution in [3.8, 4) is 5.75 Å². The molecule has 0 saturated carbocycles. The minimum atomic E-state index is -0.393. The summed E-state index contributed by atoms with van der Waals surface area (Å²) in [4.78, 5) is 29.6. The van der Waals surface area contributed by atoms with E-state index in [4.69, 9.17) is 4.74 Å². The molecule has 3 aliphatic carbocycles. The summed E-state index contributed by atoms with van der Waals surface area (Å²) in [6, 6.07) is 20.7. The van der Waals surface area contributed by atoms with Gasteiger partial charge in [-0.05, 0) is 68.5 Å². The fourth-order valence-corrected chi connectivity index (χ4v) is 6.70. The number of amides is 2. The molecule has 1 fully saturated rings. The van der Waals surface area contributed by atoms with Crippen LogP contribution in [0.3, 0.4) is 0 Å². The smallest absolute Gasteiger partial charge is 0.238 e. The third-order valence-corrected chi connectivity index (χ3v) is 8.69. The van der Waals surface area contributed by atoms with Gasteiger partial charge in [0.25, 0.3) is 0 Å². The zero-order chi connectivity index (χ0) is 26.4. The number of methoxy groups -OCH3 is 1. The molecule has 4 atom stereocenters. The van der Waals surface area contributed by atoms with E-state index in [-0.39, 0.29) is 34.5 Å². The van der Waals surface area contributed by atoms with Crippen molar-refractivity contribution in [3.63, 3.8) is 0 Å². The molecule has 0 radical (unpaired) electrons. The number of anilines is 1. The van der Waals surface area contributed by atoms with Crippen LogP contribution in [0.1, 0.15) is 86.8 Å². The quantitative estimate of drug-likeness (QED) is 0.374. The molecule has 190 valence electrons. The van der Waals surface area contributed by atoms with Gasteiger partial charge in [-0.2, -0.15) is 0 Å². The van der Waals surface area contributed by atoms with Crippen LogP contribution in [0, 0.1) is 11.8 Å². The van der Waals surface area contributed by atoms with E-state index in [0.29, 0.717) is 11.4 Å². The van der Waals surface area contributed by atoms with Crippen LogP contribution < -0.4 is 9.64 Å². The van der Waals surface area contributed by atoms with Gasteiger partial charge in [0.15, 0.2) is 0 Å². The van der Waals surface area contributed by atoms with Crippen LogP contribution in [0.15, 0.2) is 60.7 Å². The number of hydrogen-bond donors (Lipinski definition) is 0. The summed E-state index contributed by atoms with van der Waals surface area (Å²) in [6.07, 6.45) is 0. The lowest BCUT2D eigenvalue weighted by Gasteiger charge is -2.47. The van der Waals surface area contributed by atoms with Gasteiger partial charge in [0.05, 0.1) is 24.6 Å². The van der Waals surface area contributed by atoms with Crippen molar-refractivity contribution in [2.75, 3.05) is 12.0 Å². The molecular formula is C33H35NO3. The highest BCUT2D eigenvalue weighted by molar-refractivity contribution is 6.23. The molecule has 0 spiro atoms. The summed E-state index contributed by atoms with van der Waals surface area (Å²) < 4.78 is 5.30. The number of carbonyl (C=O) groups excluding carboxylic acids is 2. The fourth-order valence-electron chi connectivity index (χ4n) is 6.70. The number of carbonyl (C=O) groups is 2. The first-order valence-corrected chi connectivity index (χ1v) is 13.2. The van der Waals surface area contributed by atoms with Crippen LogP contribution in [0.25, 0.3) is 0 Å². The predicted octanol–water partition coefficient (Wildman–Crippen LogP) is 6.69. The maximum absolute atomic E-state index is 14.1. The summed E-state index contributed by atoms with van der Waals surface area (Å²) in [5.74, 6) is -0.526. The Morgan fingerprint density at radius 1 is 0.622 bits per heavy atom. The van der Waals surface area contributed by atoms with Crippen molar-refractivity contribution in [3.05, 3.63) is 94.0 Å². The first kappa shape index (κ1) is 24.0. The second-order valence-corrected chi connectivity index (χ2v) is 12.9. The van der Waals surface area contributed by atoms with Gasteiger partial charge in [-0.1, -0.05) is 77.9 Å². The number of hydrogen-bond acceptors (Lipinski definition) is 3. The number of imide groups is 1. The SMILES string of the molecule is COc1ccc(N2C(=O)[C@@H]3[C@H]4c5cc(C(C)(C)C)ccc5[C@@H](c5cc(C(C)(C)C)ccc54)[C@@H]3C2=O)cc1. The van der Waals surface area contributed by atoms with Gasteiger partial charge in [0.1, 0.15) is 5.75 Å². The fraction of sp³-hybridized carbons (Fsp3) is 0.394. The molecule has 1 aliphatic heterocycles. The second-order valence-electron chi connectivity index (χ2n) is 12.9. The Balaban J connectivity index is 1.55. The number of benzene rings is 3. The predicted molar refractivity (Wildman–Crippen MR) is 146 cm³/mol. The molecule has 7 rings (SSSR count). The van der Waals surface area contributed by atoms with Crippen LogP contribution in [0.4, 0.5) is 5.69 Å². The van der Waals surface area contributed by atoms with E-state index >= 15 is 0 Å². The third kappa shape index (κ3) is 3.41. The normalized spacial score (nSPS) is 24.1. The zero-order valence-corrected chi connectivity index (χ0v) is 22.8. The highest BCUT2D eigenvalue weighted by atomic mass is 16.5. The maximum Gasteiger partial charge on any atom is 0.238 e. The van der Waals surface area contributed by atoms with Crippen LogP contribution in [0.2, 0.25) is 0 Å². The topological polar surface area (TPSA) is 46.6 Å². The summed E-state index contributed by atoms with van der Waals surface area (Å²) in [6.45, 7) is 13.3. The van der Waals surface area contributed by atoms with Crippen LogP contribution in [-0.2, 0) is 20.4 Å². The van der Waals surface area contributed by atoms with Gasteiger partial charge in [0, 0.05) is 11.8 Å². The number of nitrogens with zero attached hydrogens (tertiary/aromatic N) is 1. The van der Waals surface area contributed by atoms with Crippen molar-refractivity contribution in [2.24, 2.45) is 11.8 Å². The highest BCUT2D eigenvalue weighted by Crippen LogP contribution is 2.62. The summed E-state index contributed by atoms with van der Waals surface area (Å²) >= 11 is 0. The Kier molecular flexibility index (Phi) is 5.05. The molecule has 0 unspecified atom stereocenters. The van der Waals surface area contributed by atoms with E-state index in [9.17, 15) is 9.59 Å². The van der Waals surface area contributed by atoms with Crippen LogP contribution >= 0.6 is 0 Å². The average Bonchev–Trinajstić information content (AvgIpc) is 3.12. The minimum absolute atomic E-state index is 0.00528. The Morgan fingerprint density at radius 2 is 1.05 bits per heavy atom. The molecule has 1 saturated heterocycles. The van der Waals surface area contributed by atoms with Gasteiger partial charge in [-0.15, -0.1) is 0 Å².